The highest BCUT2D eigenvalue weighted by atomic mass is 14.9. The molecule has 0 fully saturated rings. The maximum absolute atomic E-state index is 5.20. The molecule has 36 valence electrons. The van der Waals surface area contributed by atoms with Crippen molar-refractivity contribution in [2.24, 2.45) is 10.7 Å². The highest BCUT2D eigenvalue weighted by molar-refractivity contribution is 5.53. The number of rotatable bonds is 1. The van der Waals surface area contributed by atoms with Crippen LogP contribution in [0, 0.1) is 0 Å². The summed E-state index contributed by atoms with van der Waals surface area (Å²) in [7, 11) is 0. The van der Waals surface area contributed by atoms with E-state index in [4.69, 9.17) is 5.73 Å². The number of aliphatic imine (C=N–C) groups is 1. The first-order valence-electron chi connectivity index (χ1n) is 2.00. The molecule has 0 aromatic rings. The zero-order chi connectivity index (χ0) is 4.99. The molecule has 0 rings (SSSR count). The van der Waals surface area contributed by atoms with Crippen molar-refractivity contribution in [1.82, 2.24) is 0 Å². The molecule has 2 nitrogen and oxygen atoms in total. The van der Waals surface area contributed by atoms with Gasteiger partial charge in [-0.1, -0.05) is 0 Å². The molecule has 0 radical (unpaired) electrons. The van der Waals surface area contributed by atoms with E-state index in [1.165, 1.54) is 0 Å². The fourth-order valence-corrected chi connectivity index (χ4v) is 0.235. The first-order chi connectivity index (χ1) is 2.77. The molecule has 1 unspecified atom stereocenters. The van der Waals surface area contributed by atoms with Crippen LogP contribution in [0.5, 0.6) is 0 Å². The van der Waals surface area contributed by atoms with Crippen LogP contribution in [0.4, 0.5) is 0 Å². The highest BCUT2D eigenvalue weighted by Crippen LogP contribution is 1.70. The molecule has 2 N–H and O–H groups in total. The fourth-order valence-electron chi connectivity index (χ4n) is 0.235. The van der Waals surface area contributed by atoms with Crippen molar-refractivity contribution in [1.29, 1.82) is 0 Å². The number of nitrogens with zero attached hydrogens (tertiary/aromatic N) is 1. The van der Waals surface area contributed by atoms with Crippen LogP contribution in [-0.4, -0.2) is 12.4 Å². The van der Waals surface area contributed by atoms with Gasteiger partial charge in [0.15, 0.2) is 0 Å². The molecule has 0 amide bonds. The van der Waals surface area contributed by atoms with E-state index in [1.54, 1.807) is 6.21 Å². The van der Waals surface area contributed by atoms with E-state index in [0.717, 1.165) is 0 Å². The van der Waals surface area contributed by atoms with Crippen LogP contribution in [0.25, 0.3) is 0 Å². The Hall–Kier alpha value is -0.370. The van der Waals surface area contributed by atoms with Gasteiger partial charge in [-0.3, -0.25) is 4.99 Å². The van der Waals surface area contributed by atoms with Crippen LogP contribution in [0.3, 0.4) is 0 Å². The van der Waals surface area contributed by atoms with Crippen LogP contribution in [0.15, 0.2) is 4.99 Å². The van der Waals surface area contributed by atoms with Crippen LogP contribution in [0.1, 0.15) is 13.8 Å². The van der Waals surface area contributed by atoms with Gasteiger partial charge in [-0.15, -0.1) is 0 Å². The van der Waals surface area contributed by atoms with Crippen molar-refractivity contribution in [3.05, 3.63) is 0 Å². The molecule has 6 heavy (non-hydrogen) atoms. The van der Waals surface area contributed by atoms with Gasteiger partial charge in [0.25, 0.3) is 0 Å². The Morgan fingerprint density at radius 3 is 2.33 bits per heavy atom. The van der Waals surface area contributed by atoms with Crippen LogP contribution in [0.2, 0.25) is 0 Å². The quantitative estimate of drug-likeness (QED) is 0.460. The maximum Gasteiger partial charge on any atom is 0.0936 e. The Morgan fingerprint density at radius 2 is 2.33 bits per heavy atom. The second kappa shape index (κ2) is 2.85. The molecule has 0 bridgehead atoms. The van der Waals surface area contributed by atoms with E-state index in [-0.39, 0.29) is 6.17 Å². The molecule has 0 aliphatic carbocycles. The summed E-state index contributed by atoms with van der Waals surface area (Å²) in [5.41, 5.74) is 5.20. The SMILES string of the molecule is C/C=N\C(C)N. The standard InChI is InChI=1S/C4H10N2/c1-3-6-4(2)5/h3-4H,5H2,1-2H3/b6-3-. The van der Waals surface area contributed by atoms with Crippen LogP contribution < -0.4 is 5.73 Å². The summed E-state index contributed by atoms with van der Waals surface area (Å²) in [5, 5.41) is 0. The van der Waals surface area contributed by atoms with Gasteiger partial charge in [0.05, 0.1) is 6.17 Å². The lowest BCUT2D eigenvalue weighted by Gasteiger charge is -1.89. The van der Waals surface area contributed by atoms with Crippen LogP contribution in [-0.2, 0) is 0 Å². The van der Waals surface area contributed by atoms with Gasteiger partial charge in [-0.05, 0) is 20.1 Å². The average molecular weight is 86.1 g/mol. The Balaban J connectivity index is 3.03. The van der Waals surface area contributed by atoms with Gasteiger partial charge >= 0.3 is 0 Å². The van der Waals surface area contributed by atoms with Gasteiger partial charge in [0, 0.05) is 0 Å². The molecule has 0 aliphatic heterocycles. The fraction of sp³-hybridized carbons (Fsp3) is 0.750. The smallest absolute Gasteiger partial charge is 0.0936 e. The summed E-state index contributed by atoms with van der Waals surface area (Å²) in [6, 6.07) is 0. The summed E-state index contributed by atoms with van der Waals surface area (Å²) in [5.74, 6) is 0. The largest absolute Gasteiger partial charge is 0.310 e. The van der Waals surface area contributed by atoms with E-state index in [1.807, 2.05) is 13.8 Å². The molecule has 0 aromatic heterocycles. The van der Waals surface area contributed by atoms with E-state index in [2.05, 4.69) is 4.99 Å². The molecule has 0 heterocycles. The monoisotopic (exact) mass is 86.1 g/mol. The predicted octanol–water partition coefficient (Wildman–Crippen LogP) is 0.382. The zero-order valence-electron chi connectivity index (χ0n) is 4.18. The molecule has 0 saturated heterocycles. The number of hydrogen-bond acceptors (Lipinski definition) is 2. The Bertz CT molecular complexity index is 47.5. The normalized spacial score (nSPS) is 15.8. The van der Waals surface area contributed by atoms with Crippen molar-refractivity contribution >= 4 is 6.21 Å². The van der Waals surface area contributed by atoms with E-state index in [0.29, 0.717) is 0 Å². The second-order valence-corrected chi connectivity index (χ2v) is 1.15. The van der Waals surface area contributed by atoms with Crippen molar-refractivity contribution in [3.8, 4) is 0 Å². The zero-order valence-corrected chi connectivity index (χ0v) is 4.18. The highest BCUT2D eigenvalue weighted by Gasteiger charge is 1.76. The van der Waals surface area contributed by atoms with Gasteiger partial charge < -0.3 is 5.73 Å². The maximum atomic E-state index is 5.20. The minimum Gasteiger partial charge on any atom is -0.310 e. The molecular weight excluding hydrogens is 76.1 g/mol. The number of nitrogens with two attached hydrogens (primary N) is 1. The van der Waals surface area contributed by atoms with Crippen molar-refractivity contribution in [3.63, 3.8) is 0 Å². The summed E-state index contributed by atoms with van der Waals surface area (Å²) >= 11 is 0. The molecule has 2 heteroatoms. The summed E-state index contributed by atoms with van der Waals surface area (Å²) < 4.78 is 0. The molecule has 1 atom stereocenters. The molecule has 0 spiro atoms. The second-order valence-electron chi connectivity index (χ2n) is 1.15. The Morgan fingerprint density at radius 1 is 1.83 bits per heavy atom. The summed E-state index contributed by atoms with van der Waals surface area (Å²) in [4.78, 5) is 3.78. The van der Waals surface area contributed by atoms with Crippen molar-refractivity contribution < 1.29 is 0 Å². The van der Waals surface area contributed by atoms with Crippen molar-refractivity contribution in [2.45, 2.75) is 20.0 Å². The molecule has 0 saturated carbocycles. The first kappa shape index (κ1) is 5.63. The third-order valence-corrected chi connectivity index (χ3v) is 0.384. The van der Waals surface area contributed by atoms with Gasteiger partial charge in [-0.2, -0.15) is 0 Å². The lowest BCUT2D eigenvalue weighted by atomic mass is 10.6. The summed E-state index contributed by atoms with van der Waals surface area (Å²) in [6.07, 6.45) is 1.67. The molecular formula is C4H10N2. The molecule has 0 aliphatic rings. The van der Waals surface area contributed by atoms with E-state index < -0.39 is 0 Å². The lowest BCUT2D eigenvalue weighted by molar-refractivity contribution is 0.796. The van der Waals surface area contributed by atoms with Gasteiger partial charge in [-0.25, -0.2) is 0 Å². The summed E-state index contributed by atoms with van der Waals surface area (Å²) in [6.45, 7) is 3.68. The Labute approximate surface area is 38.1 Å². The first-order valence-corrected chi connectivity index (χ1v) is 2.00. The number of hydrogen-bond donors (Lipinski definition) is 1. The van der Waals surface area contributed by atoms with E-state index in [9.17, 15) is 0 Å². The minimum absolute atomic E-state index is 0.0324. The third kappa shape index (κ3) is 3.63. The van der Waals surface area contributed by atoms with Crippen molar-refractivity contribution in [2.75, 3.05) is 0 Å². The Kier molecular flexibility index (Phi) is 2.67. The van der Waals surface area contributed by atoms with Gasteiger partial charge in [0.1, 0.15) is 0 Å². The third-order valence-electron chi connectivity index (χ3n) is 0.384. The minimum atomic E-state index is -0.0324. The van der Waals surface area contributed by atoms with E-state index >= 15 is 0 Å². The lowest BCUT2D eigenvalue weighted by Crippen LogP contribution is -2.10. The van der Waals surface area contributed by atoms with Gasteiger partial charge in [0.2, 0.25) is 0 Å². The van der Waals surface area contributed by atoms with Crippen LogP contribution >= 0.6 is 0 Å². The predicted molar refractivity (Wildman–Crippen MR) is 27.8 cm³/mol. The molecule has 0 aromatic carbocycles. The topological polar surface area (TPSA) is 38.4 Å². The average Bonchev–Trinajstić information content (AvgIpc) is 1.35.